The Bertz CT molecular complexity index is 1110. The maximum atomic E-state index is 12.8. The molecule has 0 unspecified atom stereocenters. The highest BCUT2D eigenvalue weighted by Crippen LogP contribution is 2.26. The highest BCUT2D eigenvalue weighted by Gasteiger charge is 2.25. The van der Waals surface area contributed by atoms with E-state index in [1.54, 1.807) is 36.7 Å². The van der Waals surface area contributed by atoms with Crippen molar-refractivity contribution < 1.29 is 9.53 Å². The lowest BCUT2D eigenvalue weighted by Crippen LogP contribution is -2.39. The lowest BCUT2D eigenvalue weighted by atomic mass is 9.92. The van der Waals surface area contributed by atoms with Gasteiger partial charge < -0.3 is 15.0 Å². The molecule has 164 valence electrons. The van der Waals surface area contributed by atoms with E-state index in [0.29, 0.717) is 35.6 Å². The zero-order chi connectivity index (χ0) is 22.0. The van der Waals surface area contributed by atoms with E-state index in [4.69, 9.17) is 4.74 Å². The number of benzene rings is 1. The van der Waals surface area contributed by atoms with E-state index in [9.17, 15) is 9.59 Å². The fourth-order valence-electron chi connectivity index (χ4n) is 4.24. The van der Waals surface area contributed by atoms with Crippen molar-refractivity contribution >= 4 is 23.1 Å². The van der Waals surface area contributed by atoms with Gasteiger partial charge in [-0.05, 0) is 49.4 Å². The average molecular weight is 425 g/mol. The Morgan fingerprint density at radius 1 is 1.19 bits per heavy atom. The molecule has 1 aromatic carbocycles. The molecule has 2 aromatic heterocycles. The van der Waals surface area contributed by atoms with Crippen molar-refractivity contribution in [3.05, 3.63) is 47.1 Å². The number of hydrogen-bond acceptors (Lipinski definition) is 6. The van der Waals surface area contributed by atoms with Crippen molar-refractivity contribution in [3.63, 3.8) is 0 Å². The average Bonchev–Trinajstić information content (AvgIpc) is 3.04. The molecule has 9 nitrogen and oxygen atoms in total. The van der Waals surface area contributed by atoms with Crippen LogP contribution in [0.4, 0.5) is 11.5 Å². The Morgan fingerprint density at radius 3 is 2.58 bits per heavy atom. The number of fused-ring (bicyclic) bond motifs is 1. The number of nitrogens with one attached hydrogen (secondary N) is 1. The number of ether oxygens (including phenoxy) is 1. The molecular formula is C22H28N6O3. The first-order valence-corrected chi connectivity index (χ1v) is 10.7. The van der Waals surface area contributed by atoms with Gasteiger partial charge in [0.15, 0.2) is 5.82 Å². The van der Waals surface area contributed by atoms with Crippen LogP contribution in [0.1, 0.15) is 27.2 Å². The maximum absolute atomic E-state index is 12.8. The van der Waals surface area contributed by atoms with Gasteiger partial charge in [0, 0.05) is 31.2 Å². The SMILES string of the molecule is CCOc1ccc(NC(=O)Cn2nc3c(N4C[C@H](C)C[C@H](C)C4)nccn3c2=O)cc1. The van der Waals surface area contributed by atoms with E-state index in [-0.39, 0.29) is 18.1 Å². The summed E-state index contributed by atoms with van der Waals surface area (Å²) in [5.41, 5.74) is 0.741. The molecular weight excluding hydrogens is 396 g/mol. The molecule has 0 aliphatic carbocycles. The third-order valence-electron chi connectivity index (χ3n) is 5.39. The normalized spacial score (nSPS) is 18.9. The van der Waals surface area contributed by atoms with Gasteiger partial charge in [0.2, 0.25) is 11.6 Å². The van der Waals surface area contributed by atoms with Gasteiger partial charge in [-0.15, -0.1) is 5.10 Å². The van der Waals surface area contributed by atoms with E-state index < -0.39 is 0 Å². The second-order valence-corrected chi connectivity index (χ2v) is 8.24. The number of aromatic nitrogens is 4. The standard InChI is InChI=1S/C22H28N6O3/c1-4-31-18-7-5-17(6-8-18)24-19(29)14-28-22(30)27-10-9-23-20(21(27)25-28)26-12-15(2)11-16(3)13-26/h5-10,15-16H,4,11-14H2,1-3H3,(H,24,29)/t15-,16+. The molecule has 1 amide bonds. The molecule has 1 fully saturated rings. The van der Waals surface area contributed by atoms with Crippen LogP contribution in [0.3, 0.4) is 0 Å². The van der Waals surface area contributed by atoms with Crippen molar-refractivity contribution in [1.29, 1.82) is 0 Å². The second-order valence-electron chi connectivity index (χ2n) is 8.24. The second kappa shape index (κ2) is 8.79. The number of carbonyl (C=O) groups excluding carboxylic acids is 1. The summed E-state index contributed by atoms with van der Waals surface area (Å²) in [6.45, 7) is 8.49. The van der Waals surface area contributed by atoms with Crippen molar-refractivity contribution in [1.82, 2.24) is 19.2 Å². The Kier molecular flexibility index (Phi) is 5.92. The monoisotopic (exact) mass is 424 g/mol. The van der Waals surface area contributed by atoms with E-state index in [1.165, 1.54) is 15.5 Å². The summed E-state index contributed by atoms with van der Waals surface area (Å²) < 4.78 is 8.04. The molecule has 3 heterocycles. The topological polar surface area (TPSA) is 93.8 Å². The summed E-state index contributed by atoms with van der Waals surface area (Å²) in [5, 5.41) is 7.23. The lowest BCUT2D eigenvalue weighted by molar-refractivity contribution is -0.117. The van der Waals surface area contributed by atoms with Gasteiger partial charge in [0.1, 0.15) is 12.3 Å². The minimum absolute atomic E-state index is 0.181. The third kappa shape index (κ3) is 4.55. The van der Waals surface area contributed by atoms with Crippen molar-refractivity contribution in [3.8, 4) is 5.75 Å². The molecule has 9 heteroatoms. The van der Waals surface area contributed by atoms with Crippen LogP contribution >= 0.6 is 0 Å². The molecule has 0 bridgehead atoms. The van der Waals surface area contributed by atoms with Crippen LogP contribution in [0, 0.1) is 11.8 Å². The van der Waals surface area contributed by atoms with Gasteiger partial charge >= 0.3 is 5.69 Å². The Morgan fingerprint density at radius 2 is 1.90 bits per heavy atom. The van der Waals surface area contributed by atoms with Crippen LogP contribution in [0.5, 0.6) is 5.75 Å². The molecule has 0 saturated carbocycles. The molecule has 1 aliphatic rings. The summed E-state index contributed by atoms with van der Waals surface area (Å²) in [6.07, 6.45) is 4.37. The van der Waals surface area contributed by atoms with Crippen molar-refractivity contribution in [2.24, 2.45) is 11.8 Å². The number of piperidine rings is 1. The minimum Gasteiger partial charge on any atom is -0.494 e. The number of nitrogens with zero attached hydrogens (tertiary/aromatic N) is 5. The zero-order valence-electron chi connectivity index (χ0n) is 18.1. The Hall–Kier alpha value is -3.36. The van der Waals surface area contributed by atoms with Crippen LogP contribution in [0.15, 0.2) is 41.5 Å². The van der Waals surface area contributed by atoms with Crippen molar-refractivity contribution in [2.75, 3.05) is 29.9 Å². The smallest absolute Gasteiger partial charge is 0.350 e. The first kappa shape index (κ1) is 20.9. The molecule has 2 atom stereocenters. The summed E-state index contributed by atoms with van der Waals surface area (Å²) in [4.78, 5) is 32.0. The van der Waals surface area contributed by atoms with Gasteiger partial charge in [-0.1, -0.05) is 13.8 Å². The molecule has 31 heavy (non-hydrogen) atoms. The minimum atomic E-state index is -0.362. The van der Waals surface area contributed by atoms with Gasteiger partial charge in [0.25, 0.3) is 0 Å². The van der Waals surface area contributed by atoms with E-state index in [1.807, 2.05) is 6.92 Å². The summed E-state index contributed by atoms with van der Waals surface area (Å²) >= 11 is 0. The molecule has 1 aliphatic heterocycles. The van der Waals surface area contributed by atoms with Crippen LogP contribution in [0.2, 0.25) is 0 Å². The molecule has 0 spiro atoms. The van der Waals surface area contributed by atoms with E-state index in [0.717, 1.165) is 18.8 Å². The summed E-state index contributed by atoms with van der Waals surface area (Å²) in [6, 6.07) is 7.09. The predicted molar refractivity (Wildman–Crippen MR) is 119 cm³/mol. The fourth-order valence-corrected chi connectivity index (χ4v) is 4.24. The number of carbonyl (C=O) groups is 1. The fraction of sp³-hybridized carbons (Fsp3) is 0.455. The Balaban J connectivity index is 1.54. The predicted octanol–water partition coefficient (Wildman–Crippen LogP) is 2.41. The van der Waals surface area contributed by atoms with E-state index in [2.05, 4.69) is 34.1 Å². The summed E-state index contributed by atoms with van der Waals surface area (Å²) in [7, 11) is 0. The van der Waals surface area contributed by atoms with Gasteiger partial charge in [-0.3, -0.25) is 4.79 Å². The highest BCUT2D eigenvalue weighted by atomic mass is 16.5. The molecule has 1 N–H and O–H groups in total. The third-order valence-corrected chi connectivity index (χ3v) is 5.39. The van der Waals surface area contributed by atoms with Crippen LogP contribution in [0.25, 0.3) is 5.65 Å². The molecule has 3 aromatic rings. The van der Waals surface area contributed by atoms with Crippen LogP contribution < -0.4 is 20.6 Å². The molecule has 0 radical (unpaired) electrons. The molecule has 4 rings (SSSR count). The largest absolute Gasteiger partial charge is 0.494 e. The first-order chi connectivity index (χ1) is 14.9. The number of rotatable bonds is 6. The number of hydrogen-bond donors (Lipinski definition) is 1. The van der Waals surface area contributed by atoms with E-state index >= 15 is 0 Å². The van der Waals surface area contributed by atoms with Crippen LogP contribution in [-0.2, 0) is 11.3 Å². The van der Waals surface area contributed by atoms with Crippen LogP contribution in [-0.4, -0.2) is 44.8 Å². The maximum Gasteiger partial charge on any atom is 0.350 e. The lowest BCUT2D eigenvalue weighted by Gasteiger charge is -2.35. The van der Waals surface area contributed by atoms with Gasteiger partial charge in [-0.2, -0.15) is 0 Å². The van der Waals surface area contributed by atoms with Crippen molar-refractivity contribution in [2.45, 2.75) is 33.7 Å². The number of anilines is 2. The van der Waals surface area contributed by atoms with Gasteiger partial charge in [-0.25, -0.2) is 18.9 Å². The Labute approximate surface area is 180 Å². The van der Waals surface area contributed by atoms with Gasteiger partial charge in [0.05, 0.1) is 6.61 Å². The zero-order valence-corrected chi connectivity index (χ0v) is 18.1. The highest BCUT2D eigenvalue weighted by molar-refractivity contribution is 5.90. The summed E-state index contributed by atoms with van der Waals surface area (Å²) in [5.74, 6) is 2.17. The quantitative estimate of drug-likeness (QED) is 0.653. The molecule has 1 saturated heterocycles. The first-order valence-electron chi connectivity index (χ1n) is 10.7. The number of amides is 1.